The van der Waals surface area contributed by atoms with Crippen LogP contribution in [0.5, 0.6) is 0 Å². The topological polar surface area (TPSA) is 49.3 Å². The summed E-state index contributed by atoms with van der Waals surface area (Å²) in [5.74, 6) is 2.56. The van der Waals surface area contributed by atoms with Gasteiger partial charge in [0.05, 0.1) is 6.10 Å². The summed E-state index contributed by atoms with van der Waals surface area (Å²) in [6.07, 6.45) is 10.8. The van der Waals surface area contributed by atoms with Crippen molar-refractivity contribution in [2.75, 3.05) is 6.54 Å². The first-order valence-electron chi connectivity index (χ1n) is 8.20. The van der Waals surface area contributed by atoms with Crippen LogP contribution in [0.3, 0.4) is 0 Å². The third-order valence-electron chi connectivity index (χ3n) is 5.56. The SMILES string of the molecule is O=C(NCC(O)C1CC1)C1CCC2CCCCC2C1. The minimum absolute atomic E-state index is 0.198. The number of hydrogen-bond acceptors (Lipinski definition) is 2. The zero-order valence-electron chi connectivity index (χ0n) is 11.8. The fraction of sp³-hybridized carbons (Fsp3) is 0.938. The van der Waals surface area contributed by atoms with E-state index >= 15 is 0 Å². The molecule has 0 saturated heterocycles. The lowest BCUT2D eigenvalue weighted by atomic mass is 9.67. The monoisotopic (exact) mass is 265 g/mol. The van der Waals surface area contributed by atoms with E-state index in [0.717, 1.165) is 37.5 Å². The average molecular weight is 265 g/mol. The number of carbonyl (C=O) groups is 1. The van der Waals surface area contributed by atoms with E-state index in [4.69, 9.17) is 0 Å². The van der Waals surface area contributed by atoms with Gasteiger partial charge in [-0.1, -0.05) is 25.7 Å². The summed E-state index contributed by atoms with van der Waals surface area (Å²) in [6.45, 7) is 0.466. The molecule has 19 heavy (non-hydrogen) atoms. The third kappa shape index (κ3) is 3.31. The summed E-state index contributed by atoms with van der Waals surface area (Å²) < 4.78 is 0. The van der Waals surface area contributed by atoms with E-state index in [1.165, 1.54) is 32.1 Å². The van der Waals surface area contributed by atoms with Gasteiger partial charge in [-0.15, -0.1) is 0 Å². The maximum atomic E-state index is 12.2. The molecule has 3 saturated carbocycles. The Balaban J connectivity index is 1.44. The molecule has 0 radical (unpaired) electrons. The number of rotatable bonds is 4. The molecular weight excluding hydrogens is 238 g/mol. The van der Waals surface area contributed by atoms with Gasteiger partial charge in [-0.3, -0.25) is 4.79 Å². The summed E-state index contributed by atoms with van der Waals surface area (Å²) in [5.41, 5.74) is 0. The maximum absolute atomic E-state index is 12.2. The molecule has 0 heterocycles. The normalized spacial score (nSPS) is 36.4. The fourth-order valence-corrected chi connectivity index (χ4v) is 4.11. The molecule has 0 bridgehead atoms. The molecule has 3 fully saturated rings. The number of carbonyl (C=O) groups excluding carboxylic acids is 1. The summed E-state index contributed by atoms with van der Waals surface area (Å²) in [7, 11) is 0. The minimum Gasteiger partial charge on any atom is -0.391 e. The van der Waals surface area contributed by atoms with Gasteiger partial charge in [-0.05, 0) is 49.9 Å². The molecule has 4 unspecified atom stereocenters. The Bertz CT molecular complexity index is 327. The highest BCUT2D eigenvalue weighted by Gasteiger charge is 2.35. The van der Waals surface area contributed by atoms with Crippen molar-refractivity contribution in [2.24, 2.45) is 23.7 Å². The molecule has 0 aliphatic heterocycles. The summed E-state index contributed by atoms with van der Waals surface area (Å²) in [5, 5.41) is 12.8. The molecule has 0 spiro atoms. The third-order valence-corrected chi connectivity index (χ3v) is 5.56. The zero-order valence-corrected chi connectivity index (χ0v) is 11.8. The van der Waals surface area contributed by atoms with Crippen LogP contribution in [0.25, 0.3) is 0 Å². The van der Waals surface area contributed by atoms with Crippen LogP contribution in [0.4, 0.5) is 0 Å². The summed E-state index contributed by atoms with van der Waals surface area (Å²) in [4.78, 5) is 12.2. The molecule has 2 N–H and O–H groups in total. The first-order valence-corrected chi connectivity index (χ1v) is 8.20. The molecular formula is C16H27NO2. The second kappa shape index (κ2) is 5.82. The van der Waals surface area contributed by atoms with Crippen LogP contribution in [-0.4, -0.2) is 23.7 Å². The number of hydrogen-bond donors (Lipinski definition) is 2. The van der Waals surface area contributed by atoms with E-state index in [2.05, 4.69) is 5.32 Å². The quantitative estimate of drug-likeness (QED) is 0.820. The van der Waals surface area contributed by atoms with Crippen LogP contribution in [-0.2, 0) is 4.79 Å². The van der Waals surface area contributed by atoms with Crippen LogP contribution in [0, 0.1) is 23.7 Å². The van der Waals surface area contributed by atoms with E-state index in [0.29, 0.717) is 12.5 Å². The van der Waals surface area contributed by atoms with Crippen LogP contribution >= 0.6 is 0 Å². The lowest BCUT2D eigenvalue weighted by Crippen LogP contribution is -2.40. The highest BCUT2D eigenvalue weighted by Crippen LogP contribution is 2.42. The molecule has 4 atom stereocenters. The Kier molecular flexibility index (Phi) is 4.11. The average Bonchev–Trinajstić information content (AvgIpc) is 3.28. The molecule has 1 amide bonds. The second-order valence-electron chi connectivity index (χ2n) is 6.96. The van der Waals surface area contributed by atoms with Crippen molar-refractivity contribution >= 4 is 5.91 Å². The Labute approximate surface area is 116 Å². The minimum atomic E-state index is -0.310. The van der Waals surface area contributed by atoms with Gasteiger partial charge in [-0.25, -0.2) is 0 Å². The predicted molar refractivity (Wildman–Crippen MR) is 74.5 cm³/mol. The summed E-state index contributed by atoms with van der Waals surface area (Å²) in [6, 6.07) is 0. The number of fused-ring (bicyclic) bond motifs is 1. The zero-order chi connectivity index (χ0) is 13.2. The van der Waals surface area contributed by atoms with Gasteiger partial charge >= 0.3 is 0 Å². The van der Waals surface area contributed by atoms with E-state index in [1.54, 1.807) is 0 Å². The van der Waals surface area contributed by atoms with Crippen molar-refractivity contribution in [3.63, 3.8) is 0 Å². The van der Waals surface area contributed by atoms with E-state index in [-0.39, 0.29) is 17.9 Å². The molecule has 3 nitrogen and oxygen atoms in total. The first kappa shape index (κ1) is 13.4. The maximum Gasteiger partial charge on any atom is 0.223 e. The molecule has 0 aromatic carbocycles. The van der Waals surface area contributed by atoms with Gasteiger partial charge in [0.2, 0.25) is 5.91 Å². The number of nitrogens with one attached hydrogen (secondary N) is 1. The Morgan fingerprint density at radius 2 is 1.79 bits per heavy atom. The smallest absolute Gasteiger partial charge is 0.223 e. The summed E-state index contributed by atoms with van der Waals surface area (Å²) >= 11 is 0. The second-order valence-corrected chi connectivity index (χ2v) is 6.96. The van der Waals surface area contributed by atoms with Gasteiger partial charge in [0.25, 0.3) is 0 Å². The van der Waals surface area contributed by atoms with Crippen LogP contribution in [0.1, 0.15) is 57.8 Å². The van der Waals surface area contributed by atoms with E-state index < -0.39 is 0 Å². The largest absolute Gasteiger partial charge is 0.391 e. The number of aliphatic hydroxyl groups is 1. The van der Waals surface area contributed by atoms with Crippen molar-refractivity contribution in [1.82, 2.24) is 5.32 Å². The lowest BCUT2D eigenvalue weighted by molar-refractivity contribution is -0.127. The highest BCUT2D eigenvalue weighted by molar-refractivity contribution is 5.78. The Morgan fingerprint density at radius 3 is 2.53 bits per heavy atom. The van der Waals surface area contributed by atoms with Crippen molar-refractivity contribution in [3.05, 3.63) is 0 Å². The molecule has 108 valence electrons. The van der Waals surface area contributed by atoms with Crippen LogP contribution < -0.4 is 5.32 Å². The molecule has 3 rings (SSSR count). The molecule has 3 aliphatic carbocycles. The van der Waals surface area contributed by atoms with Crippen molar-refractivity contribution < 1.29 is 9.90 Å². The molecule has 3 aliphatic rings. The fourth-order valence-electron chi connectivity index (χ4n) is 4.11. The van der Waals surface area contributed by atoms with E-state index in [9.17, 15) is 9.90 Å². The van der Waals surface area contributed by atoms with Gasteiger partial charge in [-0.2, -0.15) is 0 Å². The van der Waals surface area contributed by atoms with E-state index in [1.807, 2.05) is 0 Å². The first-order chi connectivity index (χ1) is 9.24. The lowest BCUT2D eigenvalue weighted by Gasteiger charge is -2.38. The van der Waals surface area contributed by atoms with Crippen molar-refractivity contribution in [2.45, 2.75) is 63.9 Å². The van der Waals surface area contributed by atoms with Gasteiger partial charge in [0, 0.05) is 12.5 Å². The van der Waals surface area contributed by atoms with Crippen molar-refractivity contribution in [1.29, 1.82) is 0 Å². The van der Waals surface area contributed by atoms with Gasteiger partial charge < -0.3 is 10.4 Å². The predicted octanol–water partition coefficient (Wildman–Crippen LogP) is 2.48. The molecule has 0 aromatic rings. The van der Waals surface area contributed by atoms with Crippen LogP contribution in [0.15, 0.2) is 0 Å². The highest BCUT2D eigenvalue weighted by atomic mass is 16.3. The Hall–Kier alpha value is -0.570. The number of aliphatic hydroxyl groups excluding tert-OH is 1. The Morgan fingerprint density at radius 1 is 1.05 bits per heavy atom. The van der Waals surface area contributed by atoms with Crippen LogP contribution in [0.2, 0.25) is 0 Å². The van der Waals surface area contributed by atoms with Gasteiger partial charge in [0.1, 0.15) is 0 Å². The molecule has 0 aromatic heterocycles. The standard InChI is InChI=1S/C16H27NO2/c18-15(12-6-7-12)10-17-16(19)14-8-5-11-3-1-2-4-13(11)9-14/h11-15,18H,1-10H2,(H,17,19). The number of amides is 1. The molecule has 3 heteroatoms. The van der Waals surface area contributed by atoms with Crippen molar-refractivity contribution in [3.8, 4) is 0 Å². The van der Waals surface area contributed by atoms with Gasteiger partial charge in [0.15, 0.2) is 0 Å².